The summed E-state index contributed by atoms with van der Waals surface area (Å²) in [5, 5.41) is 3.63. The van der Waals surface area contributed by atoms with Crippen LogP contribution in [-0.2, 0) is 5.54 Å². The Morgan fingerprint density at radius 1 is 1.27 bits per heavy atom. The van der Waals surface area contributed by atoms with Crippen LogP contribution in [0.5, 0.6) is 0 Å². The average molecular weight is 203 g/mol. The van der Waals surface area contributed by atoms with Gasteiger partial charge in [-0.25, -0.2) is 0 Å². The molecule has 0 radical (unpaired) electrons. The Bertz CT molecular complexity index is 320. The van der Waals surface area contributed by atoms with Gasteiger partial charge in [0.05, 0.1) is 0 Å². The normalized spacial score (nSPS) is 25.3. The zero-order valence-electron chi connectivity index (χ0n) is 10.0. The maximum Gasteiger partial charge on any atom is 0.0449 e. The predicted molar refractivity (Wildman–Crippen MR) is 64.9 cm³/mol. The van der Waals surface area contributed by atoms with Crippen molar-refractivity contribution < 1.29 is 0 Å². The SMILES string of the molecule is Cc1ccc(C2(CC(C)C)CCN2)cc1. The van der Waals surface area contributed by atoms with Crippen LogP contribution in [0.25, 0.3) is 0 Å². The summed E-state index contributed by atoms with van der Waals surface area (Å²) in [6.45, 7) is 7.92. The van der Waals surface area contributed by atoms with E-state index in [0.29, 0.717) is 0 Å². The lowest BCUT2D eigenvalue weighted by atomic mass is 9.75. The van der Waals surface area contributed by atoms with Crippen LogP contribution in [0, 0.1) is 12.8 Å². The molecule has 1 fully saturated rings. The van der Waals surface area contributed by atoms with Gasteiger partial charge in [0, 0.05) is 5.54 Å². The molecule has 15 heavy (non-hydrogen) atoms. The molecule has 1 saturated heterocycles. The smallest absolute Gasteiger partial charge is 0.0449 e. The minimum atomic E-state index is 0.280. The maximum atomic E-state index is 3.63. The van der Waals surface area contributed by atoms with Crippen LogP contribution in [0.4, 0.5) is 0 Å². The second kappa shape index (κ2) is 3.97. The van der Waals surface area contributed by atoms with E-state index in [-0.39, 0.29) is 5.54 Å². The molecule has 82 valence electrons. The molecule has 1 nitrogen and oxygen atoms in total. The van der Waals surface area contributed by atoms with Crippen molar-refractivity contribution in [2.45, 2.75) is 39.2 Å². The van der Waals surface area contributed by atoms with Crippen LogP contribution in [0.3, 0.4) is 0 Å². The van der Waals surface area contributed by atoms with Crippen molar-refractivity contribution in [2.24, 2.45) is 5.92 Å². The van der Waals surface area contributed by atoms with E-state index < -0.39 is 0 Å². The Labute approximate surface area is 92.9 Å². The second-order valence-electron chi connectivity index (χ2n) is 5.22. The Kier molecular flexibility index (Phi) is 2.83. The molecule has 0 spiro atoms. The molecule has 1 unspecified atom stereocenters. The first-order chi connectivity index (χ1) is 7.12. The molecule has 0 amide bonds. The molecule has 1 heteroatoms. The molecular weight excluding hydrogens is 182 g/mol. The van der Waals surface area contributed by atoms with Gasteiger partial charge in [-0.15, -0.1) is 0 Å². The topological polar surface area (TPSA) is 12.0 Å². The van der Waals surface area contributed by atoms with Crippen molar-refractivity contribution in [2.75, 3.05) is 6.54 Å². The molecule has 1 heterocycles. The summed E-state index contributed by atoms with van der Waals surface area (Å²) in [6, 6.07) is 9.00. The third kappa shape index (κ3) is 2.07. The number of rotatable bonds is 3. The van der Waals surface area contributed by atoms with Crippen molar-refractivity contribution in [3.63, 3.8) is 0 Å². The third-order valence-electron chi connectivity index (χ3n) is 3.38. The second-order valence-corrected chi connectivity index (χ2v) is 5.22. The maximum absolute atomic E-state index is 3.63. The van der Waals surface area contributed by atoms with Crippen molar-refractivity contribution in [3.05, 3.63) is 35.4 Å². The Morgan fingerprint density at radius 2 is 1.87 bits per heavy atom. The van der Waals surface area contributed by atoms with E-state index in [0.717, 1.165) is 5.92 Å². The summed E-state index contributed by atoms with van der Waals surface area (Å²) in [6.07, 6.45) is 2.53. The molecule has 1 N–H and O–H groups in total. The molecule has 1 aromatic rings. The van der Waals surface area contributed by atoms with Gasteiger partial charge in [-0.2, -0.15) is 0 Å². The molecule has 2 rings (SSSR count). The lowest BCUT2D eigenvalue weighted by molar-refractivity contribution is 0.170. The third-order valence-corrected chi connectivity index (χ3v) is 3.38. The van der Waals surface area contributed by atoms with Crippen molar-refractivity contribution in [3.8, 4) is 0 Å². The monoisotopic (exact) mass is 203 g/mol. The molecule has 1 aromatic carbocycles. The number of aryl methyl sites for hydroxylation is 1. The molecule has 1 aliphatic rings. The van der Waals surface area contributed by atoms with E-state index in [1.165, 1.54) is 30.5 Å². The first-order valence-corrected chi connectivity index (χ1v) is 5.94. The van der Waals surface area contributed by atoms with E-state index in [1.807, 2.05) is 0 Å². The minimum absolute atomic E-state index is 0.280. The molecule has 0 aromatic heterocycles. The first kappa shape index (κ1) is 10.7. The van der Waals surface area contributed by atoms with Crippen molar-refractivity contribution >= 4 is 0 Å². The zero-order valence-corrected chi connectivity index (χ0v) is 10.0. The van der Waals surface area contributed by atoms with Crippen LogP contribution in [0.15, 0.2) is 24.3 Å². The van der Waals surface area contributed by atoms with Gasteiger partial charge in [-0.1, -0.05) is 43.7 Å². The van der Waals surface area contributed by atoms with Gasteiger partial charge in [0.2, 0.25) is 0 Å². The molecule has 0 aliphatic carbocycles. The Balaban J connectivity index is 2.22. The standard InChI is InChI=1S/C14H21N/c1-11(2)10-14(8-9-15-14)13-6-4-12(3)5-7-13/h4-7,11,15H,8-10H2,1-3H3. The minimum Gasteiger partial charge on any atom is -0.307 e. The highest BCUT2D eigenvalue weighted by molar-refractivity contribution is 5.30. The average Bonchev–Trinajstić information content (AvgIpc) is 2.13. The molecule has 1 atom stereocenters. The molecule has 0 saturated carbocycles. The van der Waals surface area contributed by atoms with E-state index in [2.05, 4.69) is 50.4 Å². The van der Waals surface area contributed by atoms with Gasteiger partial charge in [0.15, 0.2) is 0 Å². The van der Waals surface area contributed by atoms with Crippen LogP contribution in [-0.4, -0.2) is 6.54 Å². The van der Waals surface area contributed by atoms with Crippen LogP contribution >= 0.6 is 0 Å². The van der Waals surface area contributed by atoms with E-state index in [9.17, 15) is 0 Å². The zero-order chi connectivity index (χ0) is 10.9. The molecule has 1 aliphatic heterocycles. The van der Waals surface area contributed by atoms with Crippen molar-refractivity contribution in [1.82, 2.24) is 5.32 Å². The highest BCUT2D eigenvalue weighted by atomic mass is 15.0. The summed E-state index contributed by atoms with van der Waals surface area (Å²) in [7, 11) is 0. The van der Waals surface area contributed by atoms with Gasteiger partial charge in [-0.3, -0.25) is 0 Å². The van der Waals surface area contributed by atoms with Gasteiger partial charge < -0.3 is 5.32 Å². The predicted octanol–water partition coefficient (Wildman–Crippen LogP) is 3.23. The van der Waals surface area contributed by atoms with Crippen LogP contribution < -0.4 is 5.32 Å². The van der Waals surface area contributed by atoms with Gasteiger partial charge in [0.25, 0.3) is 0 Å². The van der Waals surface area contributed by atoms with Gasteiger partial charge >= 0.3 is 0 Å². The number of hydrogen-bond acceptors (Lipinski definition) is 1. The fraction of sp³-hybridized carbons (Fsp3) is 0.571. The van der Waals surface area contributed by atoms with E-state index >= 15 is 0 Å². The Morgan fingerprint density at radius 3 is 2.27 bits per heavy atom. The largest absolute Gasteiger partial charge is 0.307 e. The summed E-state index contributed by atoms with van der Waals surface area (Å²) in [4.78, 5) is 0. The fourth-order valence-electron chi connectivity index (χ4n) is 2.53. The number of hydrogen-bond donors (Lipinski definition) is 1. The molecule has 0 bridgehead atoms. The summed E-state index contributed by atoms with van der Waals surface area (Å²) in [5.41, 5.74) is 3.09. The van der Waals surface area contributed by atoms with E-state index in [1.54, 1.807) is 0 Å². The highest BCUT2D eigenvalue weighted by Gasteiger charge is 2.38. The Hall–Kier alpha value is -0.820. The summed E-state index contributed by atoms with van der Waals surface area (Å²) >= 11 is 0. The number of benzene rings is 1. The van der Waals surface area contributed by atoms with E-state index in [4.69, 9.17) is 0 Å². The first-order valence-electron chi connectivity index (χ1n) is 5.94. The van der Waals surface area contributed by atoms with Crippen LogP contribution in [0.2, 0.25) is 0 Å². The van der Waals surface area contributed by atoms with Crippen molar-refractivity contribution in [1.29, 1.82) is 0 Å². The fourth-order valence-corrected chi connectivity index (χ4v) is 2.53. The lowest BCUT2D eigenvalue weighted by Gasteiger charge is -2.45. The summed E-state index contributed by atoms with van der Waals surface area (Å²) < 4.78 is 0. The number of nitrogens with one attached hydrogen (secondary N) is 1. The summed E-state index contributed by atoms with van der Waals surface area (Å²) in [5.74, 6) is 0.749. The van der Waals surface area contributed by atoms with Gasteiger partial charge in [-0.05, 0) is 37.8 Å². The highest BCUT2D eigenvalue weighted by Crippen LogP contribution is 2.37. The molecular formula is C14H21N. The van der Waals surface area contributed by atoms with Crippen LogP contribution in [0.1, 0.15) is 37.8 Å². The quantitative estimate of drug-likeness (QED) is 0.795. The van der Waals surface area contributed by atoms with Gasteiger partial charge in [0.1, 0.15) is 0 Å². The lowest BCUT2D eigenvalue weighted by Crippen LogP contribution is -2.54.